The Bertz CT molecular complexity index is 387. The van der Waals surface area contributed by atoms with Crippen molar-refractivity contribution in [1.82, 2.24) is 15.5 Å². The van der Waals surface area contributed by atoms with Gasteiger partial charge in [0.05, 0.1) is 18.2 Å². The fraction of sp³-hybridized carbons (Fsp3) is 0.941. The van der Waals surface area contributed by atoms with Gasteiger partial charge in [0, 0.05) is 19.6 Å². The highest BCUT2D eigenvalue weighted by Crippen LogP contribution is 2.34. The minimum absolute atomic E-state index is 0. The predicted octanol–water partition coefficient (Wildman–Crippen LogP) is 2.21. The highest BCUT2D eigenvalue weighted by atomic mass is 127. The van der Waals surface area contributed by atoms with Crippen molar-refractivity contribution in [3.8, 4) is 0 Å². The molecule has 3 aliphatic rings. The van der Waals surface area contributed by atoms with Crippen LogP contribution in [0.4, 0.5) is 0 Å². The van der Waals surface area contributed by atoms with Crippen molar-refractivity contribution in [2.24, 2.45) is 10.9 Å². The number of aliphatic imine (C=N–C) groups is 1. The zero-order chi connectivity index (χ0) is 15.4. The number of ether oxygens (including phenoxy) is 1. The first-order valence-electron chi connectivity index (χ1n) is 9.17. The molecular weight excluding hydrogens is 403 g/mol. The molecule has 2 N–H and O–H groups in total. The van der Waals surface area contributed by atoms with Crippen LogP contribution >= 0.6 is 24.0 Å². The molecule has 0 aromatic heterocycles. The monoisotopic (exact) mass is 436 g/mol. The maximum absolute atomic E-state index is 5.93. The zero-order valence-electron chi connectivity index (χ0n) is 14.6. The number of guanidine groups is 1. The minimum atomic E-state index is 0. The first-order chi connectivity index (χ1) is 10.7. The van der Waals surface area contributed by atoms with Crippen LogP contribution in [-0.2, 0) is 4.74 Å². The third-order valence-corrected chi connectivity index (χ3v) is 5.10. The maximum atomic E-state index is 5.93. The Morgan fingerprint density at radius 3 is 2.70 bits per heavy atom. The Balaban J connectivity index is 0.00000192. The molecule has 23 heavy (non-hydrogen) atoms. The molecule has 0 aromatic rings. The molecule has 0 aliphatic carbocycles. The fourth-order valence-electron chi connectivity index (χ4n) is 4.00. The van der Waals surface area contributed by atoms with Gasteiger partial charge in [-0.3, -0.25) is 4.99 Å². The Morgan fingerprint density at radius 1 is 1.30 bits per heavy atom. The molecule has 0 aromatic carbocycles. The molecule has 4 unspecified atom stereocenters. The van der Waals surface area contributed by atoms with Crippen LogP contribution in [0.15, 0.2) is 4.99 Å². The lowest BCUT2D eigenvalue weighted by molar-refractivity contribution is 0.0992. The summed E-state index contributed by atoms with van der Waals surface area (Å²) in [6, 6.07) is 0.449. The van der Waals surface area contributed by atoms with Crippen LogP contribution in [0.5, 0.6) is 0 Å². The molecule has 3 aliphatic heterocycles. The average Bonchev–Trinajstić information content (AvgIpc) is 3.22. The lowest BCUT2D eigenvalue weighted by Gasteiger charge is -2.23. The van der Waals surface area contributed by atoms with Crippen LogP contribution < -0.4 is 10.6 Å². The number of rotatable bonds is 6. The number of likely N-dealkylation sites (tertiary alicyclic amines) is 1. The summed E-state index contributed by atoms with van der Waals surface area (Å²) in [5.74, 6) is 1.58. The molecule has 3 fully saturated rings. The summed E-state index contributed by atoms with van der Waals surface area (Å²) < 4.78 is 5.93. The number of fused-ring (bicyclic) bond motifs is 2. The summed E-state index contributed by atoms with van der Waals surface area (Å²) in [6.45, 7) is 9.97. The quantitative estimate of drug-likeness (QED) is 0.381. The lowest BCUT2D eigenvalue weighted by Crippen LogP contribution is -2.47. The van der Waals surface area contributed by atoms with Crippen LogP contribution in [0.2, 0.25) is 0 Å². The average molecular weight is 436 g/mol. The van der Waals surface area contributed by atoms with E-state index in [9.17, 15) is 0 Å². The van der Waals surface area contributed by atoms with E-state index in [0.717, 1.165) is 25.5 Å². The highest BCUT2D eigenvalue weighted by molar-refractivity contribution is 14.0. The summed E-state index contributed by atoms with van der Waals surface area (Å²) in [5.41, 5.74) is 0. The van der Waals surface area contributed by atoms with Crippen molar-refractivity contribution in [3.05, 3.63) is 0 Å². The van der Waals surface area contributed by atoms with E-state index in [2.05, 4.69) is 29.4 Å². The summed E-state index contributed by atoms with van der Waals surface area (Å²) in [6.07, 6.45) is 7.19. The molecule has 3 heterocycles. The number of hydrogen-bond donors (Lipinski definition) is 2. The van der Waals surface area contributed by atoms with Crippen LogP contribution in [-0.4, -0.2) is 61.8 Å². The number of hydrogen-bond acceptors (Lipinski definition) is 3. The Hall–Kier alpha value is -0.0800. The van der Waals surface area contributed by atoms with E-state index in [0.29, 0.717) is 24.2 Å². The minimum Gasteiger partial charge on any atom is -0.373 e. The largest absolute Gasteiger partial charge is 0.373 e. The van der Waals surface area contributed by atoms with Crippen LogP contribution in [0, 0.1) is 5.92 Å². The van der Waals surface area contributed by atoms with Crippen LogP contribution in [0.25, 0.3) is 0 Å². The smallest absolute Gasteiger partial charge is 0.191 e. The van der Waals surface area contributed by atoms with Crippen LogP contribution in [0.1, 0.15) is 46.0 Å². The van der Waals surface area contributed by atoms with Gasteiger partial charge in [-0.15, -0.1) is 24.0 Å². The van der Waals surface area contributed by atoms with Crippen LogP contribution in [0.3, 0.4) is 0 Å². The summed E-state index contributed by atoms with van der Waals surface area (Å²) >= 11 is 0. The number of nitrogens with one attached hydrogen (secondary N) is 2. The van der Waals surface area contributed by atoms with E-state index in [1.54, 1.807) is 0 Å². The Morgan fingerprint density at radius 2 is 2.09 bits per heavy atom. The van der Waals surface area contributed by atoms with Gasteiger partial charge in [0.1, 0.15) is 0 Å². The normalized spacial score (nSPS) is 31.9. The van der Waals surface area contributed by atoms with Gasteiger partial charge < -0.3 is 20.3 Å². The van der Waals surface area contributed by atoms with Gasteiger partial charge in [-0.25, -0.2) is 0 Å². The molecule has 134 valence electrons. The molecule has 3 saturated heterocycles. The summed E-state index contributed by atoms with van der Waals surface area (Å²) in [4.78, 5) is 7.39. The van der Waals surface area contributed by atoms with E-state index in [4.69, 9.17) is 9.73 Å². The topological polar surface area (TPSA) is 48.9 Å². The van der Waals surface area contributed by atoms with E-state index < -0.39 is 0 Å². The van der Waals surface area contributed by atoms with Crippen molar-refractivity contribution in [1.29, 1.82) is 0 Å². The molecule has 3 rings (SSSR count). The van der Waals surface area contributed by atoms with E-state index in [1.807, 2.05) is 0 Å². The number of halogens is 1. The Labute approximate surface area is 158 Å². The maximum Gasteiger partial charge on any atom is 0.191 e. The summed E-state index contributed by atoms with van der Waals surface area (Å²) in [7, 11) is 0. The third kappa shape index (κ3) is 5.46. The van der Waals surface area contributed by atoms with Gasteiger partial charge in [-0.1, -0.05) is 6.92 Å². The first kappa shape index (κ1) is 19.2. The second kappa shape index (κ2) is 9.42. The van der Waals surface area contributed by atoms with Gasteiger partial charge in [-0.05, 0) is 58.0 Å². The lowest BCUT2D eigenvalue weighted by atomic mass is 9.96. The molecule has 5 nitrogen and oxygen atoms in total. The predicted molar refractivity (Wildman–Crippen MR) is 106 cm³/mol. The van der Waals surface area contributed by atoms with Crippen molar-refractivity contribution < 1.29 is 4.74 Å². The van der Waals surface area contributed by atoms with E-state index >= 15 is 0 Å². The molecule has 0 radical (unpaired) electrons. The van der Waals surface area contributed by atoms with Gasteiger partial charge in [0.25, 0.3) is 0 Å². The molecule has 0 saturated carbocycles. The molecule has 6 heteroatoms. The summed E-state index contributed by atoms with van der Waals surface area (Å²) in [5, 5.41) is 6.99. The molecule has 0 spiro atoms. The van der Waals surface area contributed by atoms with Crippen molar-refractivity contribution >= 4 is 29.9 Å². The molecular formula is C17H33IN4O. The second-order valence-corrected chi connectivity index (χ2v) is 7.19. The van der Waals surface area contributed by atoms with E-state index in [1.165, 1.54) is 45.3 Å². The van der Waals surface area contributed by atoms with Gasteiger partial charge >= 0.3 is 0 Å². The zero-order valence-corrected chi connectivity index (χ0v) is 16.9. The molecule has 4 atom stereocenters. The van der Waals surface area contributed by atoms with Crippen molar-refractivity contribution in [3.63, 3.8) is 0 Å². The fourth-order valence-corrected chi connectivity index (χ4v) is 4.00. The van der Waals surface area contributed by atoms with Gasteiger partial charge in [0.15, 0.2) is 5.96 Å². The highest BCUT2D eigenvalue weighted by Gasteiger charge is 2.41. The first-order valence-corrected chi connectivity index (χ1v) is 9.17. The molecule has 2 bridgehead atoms. The van der Waals surface area contributed by atoms with Gasteiger partial charge in [-0.2, -0.15) is 0 Å². The Kier molecular flexibility index (Phi) is 7.88. The second-order valence-electron chi connectivity index (χ2n) is 7.19. The van der Waals surface area contributed by atoms with Crippen molar-refractivity contribution in [2.45, 2.75) is 64.2 Å². The van der Waals surface area contributed by atoms with E-state index in [-0.39, 0.29) is 24.0 Å². The number of nitrogens with zero attached hydrogens (tertiary/aromatic N) is 2. The SMILES string of the molecule is CCNC(=NCC(C)CN1CCCC1)NC1CC2CCC1O2.I. The standard InChI is InChI=1S/C17H32N4O.HI/c1-3-18-17(20-15-10-14-6-7-16(15)22-14)19-11-13(2)12-21-8-4-5-9-21;/h13-16H,3-12H2,1-2H3,(H2,18,19,20);1H. The third-order valence-electron chi connectivity index (χ3n) is 5.10. The van der Waals surface area contributed by atoms with Crippen molar-refractivity contribution in [2.75, 3.05) is 32.7 Å². The molecule has 0 amide bonds. The van der Waals surface area contributed by atoms with Gasteiger partial charge in [0.2, 0.25) is 0 Å².